The molecule has 2 N–H and O–H groups in total. The number of nitrogens with one attached hydrogen (secondary N) is 1. The summed E-state index contributed by atoms with van der Waals surface area (Å²) >= 11 is 0. The fraction of sp³-hybridized carbons (Fsp3) is 0.194. The molecule has 1 heterocycles. The number of carbonyl (C=O) groups is 1. The molecule has 0 saturated carbocycles. The molecule has 4 aromatic rings. The van der Waals surface area contributed by atoms with Crippen molar-refractivity contribution in [2.45, 2.75) is 25.4 Å². The molecule has 1 unspecified atom stereocenters. The first kappa shape index (κ1) is 27.3. The zero-order valence-corrected chi connectivity index (χ0v) is 21.4. The molecular weight excluding hydrogens is 460 g/mol. The van der Waals surface area contributed by atoms with Gasteiger partial charge in [0.05, 0.1) is 17.9 Å². The van der Waals surface area contributed by atoms with Crippen molar-refractivity contribution in [1.82, 2.24) is 15.3 Å². The van der Waals surface area contributed by atoms with Gasteiger partial charge < -0.3 is 15.3 Å². The second kappa shape index (κ2) is 14.3. The lowest BCUT2D eigenvalue weighted by Crippen LogP contribution is -2.40. The van der Waals surface area contributed by atoms with Gasteiger partial charge in [-0.2, -0.15) is 0 Å². The van der Waals surface area contributed by atoms with Gasteiger partial charge in [-0.1, -0.05) is 78.9 Å². The van der Waals surface area contributed by atoms with E-state index in [9.17, 15) is 4.79 Å². The van der Waals surface area contributed by atoms with Gasteiger partial charge in [-0.05, 0) is 42.2 Å². The summed E-state index contributed by atoms with van der Waals surface area (Å²) in [5.41, 5.74) is 4.85. The number of carbonyl (C=O) groups excluding carboxylic acids is 1. The van der Waals surface area contributed by atoms with Crippen molar-refractivity contribution in [3.05, 3.63) is 127 Å². The third-order valence-electron chi connectivity index (χ3n) is 5.87. The molecule has 0 spiro atoms. The number of likely N-dealkylation sites (N-methyl/N-ethyl adjacent to an activating group) is 1. The molecule has 3 aromatic carbocycles. The predicted molar refractivity (Wildman–Crippen MR) is 150 cm³/mol. The van der Waals surface area contributed by atoms with Crippen molar-refractivity contribution >= 4 is 11.6 Å². The number of anilines is 1. The van der Waals surface area contributed by atoms with Gasteiger partial charge in [0.1, 0.15) is 0 Å². The second-order valence-corrected chi connectivity index (χ2v) is 8.50. The molecule has 0 saturated heterocycles. The Hall–Kier alpha value is -4.29. The van der Waals surface area contributed by atoms with Crippen molar-refractivity contribution in [1.29, 1.82) is 0 Å². The molecule has 0 aliphatic carbocycles. The van der Waals surface area contributed by atoms with Gasteiger partial charge in [0.15, 0.2) is 6.04 Å². The Labute approximate surface area is 219 Å². The number of aliphatic hydroxyl groups excluding tert-OH is 1. The maximum atomic E-state index is 13.4. The standard InChI is InChI=1S/C27H26N4O.C4H8O/c1-20(21-9-5-3-6-10-21)30-27(32)26(25-19-28-17-18-29-25)31(2)24-15-13-23(14-16-24)22-11-7-4-8-12-22;1-2-3-4-5/h3-20,26H,1-2H3,(H,30,32);2,5H,1,3-4H2/t20-,26?;/m0./s1. The van der Waals surface area contributed by atoms with E-state index in [4.69, 9.17) is 5.11 Å². The minimum atomic E-state index is -0.613. The number of hydrogen-bond donors (Lipinski definition) is 2. The SMILES string of the molecule is C=CCCO.C[C@H](NC(=O)C(c1cnccn1)N(C)c1ccc(-c2ccccc2)cc1)c1ccccc1. The lowest BCUT2D eigenvalue weighted by Gasteiger charge is -2.30. The van der Waals surface area contributed by atoms with Gasteiger partial charge >= 0.3 is 0 Å². The summed E-state index contributed by atoms with van der Waals surface area (Å²) in [7, 11) is 1.91. The van der Waals surface area contributed by atoms with Crippen molar-refractivity contribution in [3.63, 3.8) is 0 Å². The summed E-state index contributed by atoms with van der Waals surface area (Å²) in [6.07, 6.45) is 7.26. The average molecular weight is 495 g/mol. The van der Waals surface area contributed by atoms with Crippen molar-refractivity contribution in [2.75, 3.05) is 18.6 Å². The molecule has 190 valence electrons. The number of amides is 1. The molecule has 37 heavy (non-hydrogen) atoms. The Bertz CT molecular complexity index is 1220. The van der Waals surface area contributed by atoms with Crippen LogP contribution in [0, 0.1) is 0 Å². The van der Waals surface area contributed by atoms with Gasteiger partial charge in [0, 0.05) is 31.7 Å². The minimum Gasteiger partial charge on any atom is -0.396 e. The second-order valence-electron chi connectivity index (χ2n) is 8.50. The number of hydrogen-bond acceptors (Lipinski definition) is 5. The van der Waals surface area contributed by atoms with E-state index in [1.165, 1.54) is 0 Å². The van der Waals surface area contributed by atoms with Gasteiger partial charge in [0.2, 0.25) is 5.91 Å². The van der Waals surface area contributed by atoms with Gasteiger partial charge in [-0.3, -0.25) is 14.8 Å². The highest BCUT2D eigenvalue weighted by Gasteiger charge is 2.28. The zero-order chi connectivity index (χ0) is 26.5. The van der Waals surface area contributed by atoms with Crippen LogP contribution in [0.15, 0.2) is 116 Å². The molecule has 0 radical (unpaired) electrons. The summed E-state index contributed by atoms with van der Waals surface area (Å²) in [6.45, 7) is 5.60. The summed E-state index contributed by atoms with van der Waals surface area (Å²) in [4.78, 5) is 24.0. The molecule has 1 amide bonds. The third-order valence-corrected chi connectivity index (χ3v) is 5.87. The number of aliphatic hydroxyl groups is 1. The van der Waals surface area contributed by atoms with Crippen LogP contribution >= 0.6 is 0 Å². The van der Waals surface area contributed by atoms with Crippen LogP contribution < -0.4 is 10.2 Å². The molecule has 2 atom stereocenters. The molecule has 0 fully saturated rings. The van der Waals surface area contributed by atoms with Crippen LogP contribution in [-0.2, 0) is 4.79 Å². The number of nitrogens with zero attached hydrogens (tertiary/aromatic N) is 3. The van der Waals surface area contributed by atoms with Crippen LogP contribution in [0.25, 0.3) is 11.1 Å². The maximum Gasteiger partial charge on any atom is 0.249 e. The Morgan fingerprint density at radius 3 is 2.14 bits per heavy atom. The zero-order valence-electron chi connectivity index (χ0n) is 21.4. The van der Waals surface area contributed by atoms with E-state index in [-0.39, 0.29) is 18.6 Å². The van der Waals surface area contributed by atoms with E-state index < -0.39 is 6.04 Å². The quantitative estimate of drug-likeness (QED) is 0.290. The van der Waals surface area contributed by atoms with E-state index >= 15 is 0 Å². The van der Waals surface area contributed by atoms with Crippen LogP contribution in [0.4, 0.5) is 5.69 Å². The van der Waals surface area contributed by atoms with Crippen LogP contribution in [0.5, 0.6) is 0 Å². The van der Waals surface area contributed by atoms with Crippen molar-refractivity contribution in [3.8, 4) is 11.1 Å². The largest absolute Gasteiger partial charge is 0.396 e. The lowest BCUT2D eigenvalue weighted by molar-refractivity contribution is -0.123. The Morgan fingerprint density at radius 2 is 1.59 bits per heavy atom. The monoisotopic (exact) mass is 494 g/mol. The molecule has 0 bridgehead atoms. The lowest BCUT2D eigenvalue weighted by atomic mass is 10.0. The van der Waals surface area contributed by atoms with E-state index in [1.807, 2.05) is 79.5 Å². The summed E-state index contributed by atoms with van der Waals surface area (Å²) in [6, 6.07) is 27.6. The summed E-state index contributed by atoms with van der Waals surface area (Å²) < 4.78 is 0. The van der Waals surface area contributed by atoms with E-state index in [0.717, 1.165) is 22.4 Å². The average Bonchev–Trinajstić information content (AvgIpc) is 2.95. The molecule has 0 aliphatic heterocycles. The van der Waals surface area contributed by atoms with E-state index in [2.05, 4.69) is 46.1 Å². The molecule has 6 nitrogen and oxygen atoms in total. The minimum absolute atomic E-state index is 0.128. The van der Waals surface area contributed by atoms with E-state index in [0.29, 0.717) is 12.1 Å². The highest BCUT2D eigenvalue weighted by Crippen LogP contribution is 2.28. The highest BCUT2D eigenvalue weighted by molar-refractivity contribution is 5.86. The Morgan fingerprint density at radius 1 is 0.973 bits per heavy atom. The van der Waals surface area contributed by atoms with Crippen LogP contribution in [0.1, 0.15) is 36.7 Å². The van der Waals surface area contributed by atoms with Crippen molar-refractivity contribution in [2.24, 2.45) is 0 Å². The van der Waals surface area contributed by atoms with Crippen LogP contribution in [-0.4, -0.2) is 34.6 Å². The summed E-state index contributed by atoms with van der Waals surface area (Å²) in [5.74, 6) is -0.128. The summed E-state index contributed by atoms with van der Waals surface area (Å²) in [5, 5.41) is 11.1. The molecule has 1 aromatic heterocycles. The molecular formula is C31H34N4O2. The normalized spacial score (nSPS) is 11.9. The first-order valence-electron chi connectivity index (χ1n) is 12.3. The maximum absolute atomic E-state index is 13.4. The van der Waals surface area contributed by atoms with E-state index in [1.54, 1.807) is 24.7 Å². The van der Waals surface area contributed by atoms with Crippen LogP contribution in [0.2, 0.25) is 0 Å². The Balaban J connectivity index is 0.000000695. The first-order chi connectivity index (χ1) is 18.0. The molecule has 0 aliphatic rings. The number of benzene rings is 3. The third kappa shape index (κ3) is 7.85. The van der Waals surface area contributed by atoms with Gasteiger partial charge in [0.25, 0.3) is 0 Å². The molecule has 4 rings (SSSR count). The first-order valence-corrected chi connectivity index (χ1v) is 12.3. The number of rotatable bonds is 9. The topological polar surface area (TPSA) is 78.3 Å². The molecule has 6 heteroatoms. The van der Waals surface area contributed by atoms with Crippen LogP contribution in [0.3, 0.4) is 0 Å². The Kier molecular flexibility index (Phi) is 10.6. The predicted octanol–water partition coefficient (Wildman–Crippen LogP) is 5.75. The smallest absolute Gasteiger partial charge is 0.249 e. The highest BCUT2D eigenvalue weighted by atomic mass is 16.2. The fourth-order valence-corrected chi connectivity index (χ4v) is 3.84. The number of aromatic nitrogens is 2. The fourth-order valence-electron chi connectivity index (χ4n) is 3.84. The van der Waals surface area contributed by atoms with Gasteiger partial charge in [-0.15, -0.1) is 6.58 Å². The van der Waals surface area contributed by atoms with Crippen molar-refractivity contribution < 1.29 is 9.90 Å². The van der Waals surface area contributed by atoms with Gasteiger partial charge in [-0.25, -0.2) is 0 Å².